The molecule has 3 aliphatic rings. The van der Waals surface area contributed by atoms with Crippen LogP contribution in [0.4, 0.5) is 4.39 Å². The molecule has 1 aromatic carbocycles. The second-order valence-corrected chi connectivity index (χ2v) is 6.60. The van der Waals surface area contributed by atoms with Crippen molar-refractivity contribution < 1.29 is 4.39 Å². The molecule has 0 aromatic heterocycles. The third-order valence-electron chi connectivity index (χ3n) is 5.78. The molecular formula is C16H20FN. The molecule has 2 bridgehead atoms. The van der Waals surface area contributed by atoms with Crippen LogP contribution in [0.25, 0.3) is 0 Å². The molecule has 1 nitrogen and oxygen atoms in total. The number of halogens is 1. The van der Waals surface area contributed by atoms with Crippen molar-refractivity contribution in [2.75, 3.05) is 0 Å². The Hall–Kier alpha value is -0.890. The molecule has 0 amide bonds. The van der Waals surface area contributed by atoms with Crippen molar-refractivity contribution in [3.05, 3.63) is 35.1 Å². The van der Waals surface area contributed by atoms with Crippen molar-refractivity contribution in [3.63, 3.8) is 0 Å². The summed E-state index contributed by atoms with van der Waals surface area (Å²) >= 11 is 0. The van der Waals surface area contributed by atoms with Crippen LogP contribution in [-0.4, -0.2) is 0 Å². The Kier molecular flexibility index (Phi) is 2.18. The summed E-state index contributed by atoms with van der Waals surface area (Å²) in [4.78, 5) is 0. The van der Waals surface area contributed by atoms with E-state index in [1.807, 2.05) is 19.1 Å². The predicted molar refractivity (Wildman–Crippen MR) is 69.4 cm³/mol. The average Bonchev–Trinajstić information content (AvgIpc) is 2.80. The number of fused-ring (bicyclic) bond motifs is 5. The highest BCUT2D eigenvalue weighted by molar-refractivity contribution is 5.30. The minimum atomic E-state index is -0.123. The highest BCUT2D eigenvalue weighted by Crippen LogP contribution is 2.71. The van der Waals surface area contributed by atoms with E-state index in [-0.39, 0.29) is 11.9 Å². The van der Waals surface area contributed by atoms with Gasteiger partial charge in [-0.05, 0) is 73.0 Å². The number of hydrogen-bond donors (Lipinski definition) is 1. The number of benzene rings is 1. The van der Waals surface area contributed by atoms with Crippen molar-refractivity contribution >= 4 is 0 Å². The lowest BCUT2D eigenvalue weighted by Crippen LogP contribution is -2.17. The summed E-state index contributed by atoms with van der Waals surface area (Å²) in [6, 6.07) is 5.51. The molecule has 96 valence electrons. The summed E-state index contributed by atoms with van der Waals surface area (Å²) < 4.78 is 13.3. The van der Waals surface area contributed by atoms with E-state index < -0.39 is 0 Å². The molecule has 0 radical (unpaired) electrons. The molecule has 5 atom stereocenters. The van der Waals surface area contributed by atoms with Crippen LogP contribution in [0.5, 0.6) is 0 Å². The Bertz CT molecular complexity index is 482. The van der Waals surface area contributed by atoms with Gasteiger partial charge in [0, 0.05) is 6.04 Å². The van der Waals surface area contributed by atoms with Gasteiger partial charge in [0.05, 0.1) is 0 Å². The molecule has 0 heterocycles. The first-order valence-electron chi connectivity index (χ1n) is 7.18. The number of hydrogen-bond acceptors (Lipinski definition) is 1. The van der Waals surface area contributed by atoms with E-state index in [1.54, 1.807) is 6.07 Å². The smallest absolute Gasteiger partial charge is 0.126 e. The monoisotopic (exact) mass is 245 g/mol. The number of aryl methyl sites for hydroxylation is 1. The summed E-state index contributed by atoms with van der Waals surface area (Å²) in [5.41, 5.74) is 8.29. The van der Waals surface area contributed by atoms with Crippen molar-refractivity contribution in [2.24, 2.45) is 35.3 Å². The van der Waals surface area contributed by atoms with Gasteiger partial charge in [-0.3, -0.25) is 0 Å². The molecule has 1 aromatic rings. The van der Waals surface area contributed by atoms with Crippen molar-refractivity contribution in [1.82, 2.24) is 0 Å². The van der Waals surface area contributed by atoms with Crippen LogP contribution in [0.3, 0.4) is 0 Å². The van der Waals surface area contributed by atoms with Gasteiger partial charge < -0.3 is 5.73 Å². The van der Waals surface area contributed by atoms with Gasteiger partial charge in [0.1, 0.15) is 5.82 Å². The summed E-state index contributed by atoms with van der Waals surface area (Å²) in [5.74, 6) is 4.26. The quantitative estimate of drug-likeness (QED) is 0.848. The Labute approximate surface area is 108 Å². The van der Waals surface area contributed by atoms with Crippen LogP contribution in [0, 0.1) is 42.3 Å². The third kappa shape index (κ3) is 1.36. The third-order valence-corrected chi connectivity index (χ3v) is 5.78. The van der Waals surface area contributed by atoms with Gasteiger partial charge in [-0.25, -0.2) is 4.39 Å². The Morgan fingerprint density at radius 2 is 1.89 bits per heavy atom. The van der Waals surface area contributed by atoms with E-state index in [0.29, 0.717) is 5.92 Å². The van der Waals surface area contributed by atoms with E-state index in [1.165, 1.54) is 19.3 Å². The first kappa shape index (κ1) is 11.0. The maximum Gasteiger partial charge on any atom is 0.126 e. The molecule has 2 heteroatoms. The summed E-state index contributed by atoms with van der Waals surface area (Å²) in [7, 11) is 0. The van der Waals surface area contributed by atoms with E-state index in [9.17, 15) is 4.39 Å². The summed E-state index contributed by atoms with van der Waals surface area (Å²) in [6.45, 7) is 1.82. The fourth-order valence-corrected chi connectivity index (χ4v) is 4.97. The molecule has 4 rings (SSSR count). The fraction of sp³-hybridized carbons (Fsp3) is 0.625. The lowest BCUT2D eigenvalue weighted by molar-refractivity contribution is 0.417. The van der Waals surface area contributed by atoms with Gasteiger partial charge in [0.15, 0.2) is 0 Å². The van der Waals surface area contributed by atoms with Gasteiger partial charge in [0.25, 0.3) is 0 Å². The van der Waals surface area contributed by atoms with Crippen LogP contribution in [0.15, 0.2) is 18.2 Å². The van der Waals surface area contributed by atoms with E-state index in [2.05, 4.69) is 0 Å². The average molecular weight is 245 g/mol. The largest absolute Gasteiger partial charge is 0.324 e. The molecular weight excluding hydrogens is 225 g/mol. The van der Waals surface area contributed by atoms with Gasteiger partial charge in [-0.15, -0.1) is 0 Å². The molecule has 3 saturated carbocycles. The topological polar surface area (TPSA) is 26.0 Å². The molecule has 3 fully saturated rings. The SMILES string of the molecule is Cc1cc(C(N)C2C3C4CCC(C4)C32)ccc1F. The normalized spacial score (nSPS) is 41.8. The maximum absolute atomic E-state index is 13.3. The Balaban J connectivity index is 1.58. The van der Waals surface area contributed by atoms with Gasteiger partial charge >= 0.3 is 0 Å². The predicted octanol–water partition coefficient (Wildman–Crippen LogP) is 3.43. The first-order chi connectivity index (χ1) is 8.66. The van der Waals surface area contributed by atoms with Crippen LogP contribution in [0.1, 0.15) is 36.4 Å². The Morgan fingerprint density at radius 1 is 1.22 bits per heavy atom. The summed E-state index contributed by atoms with van der Waals surface area (Å²) in [5, 5.41) is 0. The number of nitrogens with two attached hydrogens (primary N) is 1. The molecule has 2 N–H and O–H groups in total. The van der Waals surface area contributed by atoms with Crippen LogP contribution in [-0.2, 0) is 0 Å². The standard InChI is InChI=1S/C16H20FN/c1-8-6-11(4-5-12(8)17)16(18)15-13-9-2-3-10(7-9)14(13)15/h4-6,9-10,13-16H,2-3,7,18H2,1H3. The van der Waals surface area contributed by atoms with E-state index >= 15 is 0 Å². The highest BCUT2D eigenvalue weighted by atomic mass is 19.1. The van der Waals surface area contributed by atoms with Gasteiger partial charge in [0.2, 0.25) is 0 Å². The van der Waals surface area contributed by atoms with Crippen molar-refractivity contribution in [1.29, 1.82) is 0 Å². The molecule has 0 aliphatic heterocycles. The van der Waals surface area contributed by atoms with Crippen LogP contribution in [0.2, 0.25) is 0 Å². The second kappa shape index (κ2) is 3.57. The van der Waals surface area contributed by atoms with E-state index in [4.69, 9.17) is 5.73 Å². The number of rotatable bonds is 2. The van der Waals surface area contributed by atoms with Crippen LogP contribution >= 0.6 is 0 Å². The fourth-order valence-electron chi connectivity index (χ4n) is 4.97. The highest BCUT2D eigenvalue weighted by Gasteiger charge is 2.66. The minimum Gasteiger partial charge on any atom is -0.324 e. The summed E-state index contributed by atoms with van der Waals surface area (Å²) in [6.07, 6.45) is 4.32. The zero-order chi connectivity index (χ0) is 12.4. The Morgan fingerprint density at radius 3 is 2.50 bits per heavy atom. The minimum absolute atomic E-state index is 0.123. The zero-order valence-corrected chi connectivity index (χ0v) is 10.8. The lowest BCUT2D eigenvalue weighted by Gasteiger charge is -2.17. The molecule has 0 spiro atoms. The van der Waals surface area contributed by atoms with Gasteiger partial charge in [-0.2, -0.15) is 0 Å². The molecule has 3 aliphatic carbocycles. The second-order valence-electron chi connectivity index (χ2n) is 6.60. The van der Waals surface area contributed by atoms with Crippen molar-refractivity contribution in [2.45, 2.75) is 32.2 Å². The van der Waals surface area contributed by atoms with Crippen LogP contribution < -0.4 is 5.73 Å². The maximum atomic E-state index is 13.3. The zero-order valence-electron chi connectivity index (χ0n) is 10.8. The van der Waals surface area contributed by atoms with E-state index in [0.717, 1.165) is 34.8 Å². The van der Waals surface area contributed by atoms with Gasteiger partial charge in [-0.1, -0.05) is 12.1 Å². The molecule has 18 heavy (non-hydrogen) atoms. The lowest BCUT2D eigenvalue weighted by atomic mass is 9.93. The molecule has 5 unspecified atom stereocenters. The first-order valence-corrected chi connectivity index (χ1v) is 7.18. The molecule has 0 saturated heterocycles. The van der Waals surface area contributed by atoms with Crippen molar-refractivity contribution in [3.8, 4) is 0 Å².